The highest BCUT2D eigenvalue weighted by Crippen LogP contribution is 2.47. The van der Waals surface area contributed by atoms with Crippen LogP contribution in [-0.4, -0.2) is 128 Å². The molecule has 2 aromatic rings. The summed E-state index contributed by atoms with van der Waals surface area (Å²) in [5, 5.41) is 6.59. The molecule has 16 nitrogen and oxygen atoms in total. The zero-order valence-electron chi connectivity index (χ0n) is 38.3. The van der Waals surface area contributed by atoms with Crippen LogP contribution in [0.5, 0.6) is 11.6 Å². The number of nitrogens with one attached hydrogen (secondary N) is 3. The summed E-state index contributed by atoms with van der Waals surface area (Å²) >= 11 is 0. The number of fused-ring (bicyclic) bond motifs is 5. The van der Waals surface area contributed by atoms with Crippen molar-refractivity contribution in [3.63, 3.8) is 0 Å². The number of carbonyl (C=O) groups is 4. The minimum absolute atomic E-state index is 0.00892. The van der Waals surface area contributed by atoms with Gasteiger partial charge in [0.25, 0.3) is 5.91 Å². The third kappa shape index (κ3) is 10.2. The maximum absolute atomic E-state index is 15.0. The topological polar surface area (TPSA) is 195 Å². The van der Waals surface area contributed by atoms with Crippen LogP contribution in [0.25, 0.3) is 10.9 Å². The number of benzene rings is 1. The Labute approximate surface area is 382 Å². The lowest BCUT2D eigenvalue weighted by Gasteiger charge is -2.35. The number of rotatable bonds is 11. The monoisotopic (exact) mass is 918 g/mol. The first-order valence-electron chi connectivity index (χ1n) is 23.5. The molecule has 3 aliphatic heterocycles. The number of morpholine rings is 1. The van der Waals surface area contributed by atoms with E-state index in [0.717, 1.165) is 82.3 Å². The molecule has 4 heterocycles. The van der Waals surface area contributed by atoms with Gasteiger partial charge in [0.2, 0.25) is 27.7 Å². The van der Waals surface area contributed by atoms with Crippen molar-refractivity contribution < 1.29 is 46.5 Å². The fourth-order valence-electron chi connectivity index (χ4n) is 9.80. The summed E-state index contributed by atoms with van der Waals surface area (Å²) in [6, 6.07) is 5.46. The fraction of sp³-hybridized carbons (Fsp3) is 0.646. The Kier molecular flexibility index (Phi) is 13.6. The first-order valence-corrected chi connectivity index (χ1v) is 25.0. The SMILES string of the molecule is C=C[C@@H]1C[C@]1(NC(=O)C1CC2CN1C(=O)C(C(C)(C)C)NC(=O)OC1CCCC1CCC=CCc1c(nc3ccccc3c1OCCCN1CCOCC1)O2)C(=O)NS(=O)(=O)C1(C)CC1. The molecule has 5 unspecified atom stereocenters. The molecule has 1 aromatic carbocycles. The predicted molar refractivity (Wildman–Crippen MR) is 244 cm³/mol. The second-order valence-corrected chi connectivity index (χ2v) is 22.3. The van der Waals surface area contributed by atoms with Gasteiger partial charge in [-0.2, -0.15) is 0 Å². The highest BCUT2D eigenvalue weighted by atomic mass is 32.2. The zero-order valence-corrected chi connectivity index (χ0v) is 39.1. The molecule has 17 heteroatoms. The first-order chi connectivity index (χ1) is 31.0. The number of para-hydroxylation sites is 1. The number of aromatic nitrogens is 1. The third-order valence-electron chi connectivity index (χ3n) is 14.3. The maximum atomic E-state index is 15.0. The van der Waals surface area contributed by atoms with Crippen LogP contribution < -0.4 is 24.8 Å². The van der Waals surface area contributed by atoms with E-state index < -0.39 is 73.6 Å². The summed E-state index contributed by atoms with van der Waals surface area (Å²) < 4.78 is 52.7. The van der Waals surface area contributed by atoms with Crippen molar-refractivity contribution in [2.75, 3.05) is 46.0 Å². The summed E-state index contributed by atoms with van der Waals surface area (Å²) in [5.41, 5.74) is -1.01. The molecule has 3 saturated carbocycles. The van der Waals surface area contributed by atoms with Crippen LogP contribution >= 0.6 is 0 Å². The minimum Gasteiger partial charge on any atom is -0.492 e. The van der Waals surface area contributed by atoms with Crippen molar-refractivity contribution in [1.29, 1.82) is 0 Å². The predicted octanol–water partition coefficient (Wildman–Crippen LogP) is 4.95. The molecule has 4 amide bonds. The lowest BCUT2D eigenvalue weighted by atomic mass is 9.85. The normalized spacial score (nSPS) is 29.5. The van der Waals surface area contributed by atoms with Crippen LogP contribution in [0.15, 0.2) is 49.1 Å². The molecule has 5 fully saturated rings. The van der Waals surface area contributed by atoms with Crippen molar-refractivity contribution in [3.05, 3.63) is 54.6 Å². The van der Waals surface area contributed by atoms with Gasteiger partial charge in [0.05, 0.1) is 42.2 Å². The van der Waals surface area contributed by atoms with E-state index in [0.29, 0.717) is 43.0 Å². The highest BCUT2D eigenvalue weighted by Gasteiger charge is 2.63. The number of ether oxygens (including phenoxy) is 4. The number of alkyl carbamates (subject to hydrolysis) is 1. The smallest absolute Gasteiger partial charge is 0.408 e. The third-order valence-corrected chi connectivity index (χ3v) is 16.5. The molecular formula is C48H66N6O10S. The Hall–Kier alpha value is -4.74. The van der Waals surface area contributed by atoms with E-state index in [-0.39, 0.29) is 31.4 Å². The number of allylic oxidation sites excluding steroid dienone is 2. The second-order valence-electron chi connectivity index (χ2n) is 20.1. The standard InChI is InChI=1S/C48H66N6O10S/c1-6-32-29-48(32,44(57)52-65(59,60)47(5)20-21-47)51-41(55)37-28-33-30-54(37)43(56)40(46(2,3)4)50-45(58)64-38-19-12-15-31(38)14-8-7-9-17-35-39(62-25-13-22-53-23-26-61-27-24-53)34-16-10-11-18-36(34)49-42(35)63-33/h6-7,9-11,16,18,31-33,37-38,40H,1,8,12-15,17,19-30H2,2-5H3,(H,50,58)(H,51,55)(H,52,57)/t31?,32-,33?,37?,38?,40?,48-/m1/s1. The van der Waals surface area contributed by atoms with Crippen LogP contribution in [0.1, 0.15) is 97.5 Å². The number of hydrogen-bond acceptors (Lipinski definition) is 12. The summed E-state index contributed by atoms with van der Waals surface area (Å²) in [6.45, 7) is 15.4. The first kappa shape index (κ1) is 46.8. The van der Waals surface area contributed by atoms with Gasteiger partial charge in [-0.25, -0.2) is 18.2 Å². The second kappa shape index (κ2) is 18.9. The van der Waals surface area contributed by atoms with Gasteiger partial charge in [-0.15, -0.1) is 6.58 Å². The van der Waals surface area contributed by atoms with E-state index >= 15 is 0 Å². The van der Waals surface area contributed by atoms with Gasteiger partial charge in [0.15, 0.2) is 0 Å². The van der Waals surface area contributed by atoms with Gasteiger partial charge < -0.3 is 34.5 Å². The van der Waals surface area contributed by atoms with E-state index in [4.69, 9.17) is 23.9 Å². The van der Waals surface area contributed by atoms with Gasteiger partial charge in [-0.1, -0.05) is 51.1 Å². The molecule has 3 aliphatic carbocycles. The molecular weight excluding hydrogens is 853 g/mol. The van der Waals surface area contributed by atoms with Gasteiger partial charge in [-0.3, -0.25) is 24.0 Å². The maximum Gasteiger partial charge on any atom is 0.408 e. The number of nitrogens with zero attached hydrogens (tertiary/aromatic N) is 3. The summed E-state index contributed by atoms with van der Waals surface area (Å²) in [5.74, 6) is -1.43. The fourth-order valence-corrected chi connectivity index (χ4v) is 11.1. The number of sulfonamides is 1. The van der Waals surface area contributed by atoms with Gasteiger partial charge >= 0.3 is 6.09 Å². The van der Waals surface area contributed by atoms with E-state index in [1.165, 1.54) is 11.0 Å². The summed E-state index contributed by atoms with van der Waals surface area (Å²) in [7, 11) is -4.02. The highest BCUT2D eigenvalue weighted by molar-refractivity contribution is 7.91. The largest absolute Gasteiger partial charge is 0.492 e. The molecule has 7 atom stereocenters. The van der Waals surface area contributed by atoms with Crippen LogP contribution in [0.3, 0.4) is 0 Å². The number of amides is 4. The van der Waals surface area contributed by atoms with E-state index in [9.17, 15) is 27.6 Å². The van der Waals surface area contributed by atoms with Crippen molar-refractivity contribution in [2.24, 2.45) is 17.3 Å². The van der Waals surface area contributed by atoms with Crippen LogP contribution in [0.4, 0.5) is 4.79 Å². The molecule has 1 aromatic heterocycles. The molecule has 65 heavy (non-hydrogen) atoms. The number of pyridine rings is 1. The van der Waals surface area contributed by atoms with Crippen LogP contribution in [-0.2, 0) is 40.3 Å². The Morgan fingerprint density at radius 2 is 1.85 bits per heavy atom. The van der Waals surface area contributed by atoms with E-state index in [1.54, 1.807) is 6.92 Å². The Bertz CT molecular complexity index is 2290. The molecule has 0 spiro atoms. The van der Waals surface area contributed by atoms with Gasteiger partial charge in [-0.05, 0) is 94.6 Å². The molecule has 8 rings (SSSR count). The molecule has 0 radical (unpaired) electrons. The Balaban J connectivity index is 1.13. The van der Waals surface area contributed by atoms with Crippen molar-refractivity contribution in [3.8, 4) is 11.6 Å². The molecule has 2 bridgehead atoms. The average Bonchev–Trinajstić information content (AvgIpc) is 4.09. The minimum atomic E-state index is -4.02. The summed E-state index contributed by atoms with van der Waals surface area (Å²) in [6.07, 6.45) is 10.4. The van der Waals surface area contributed by atoms with Crippen LogP contribution in [0, 0.1) is 17.3 Å². The molecule has 6 aliphatic rings. The Morgan fingerprint density at radius 1 is 1.08 bits per heavy atom. The van der Waals surface area contributed by atoms with Gasteiger partial charge in [0, 0.05) is 37.4 Å². The zero-order chi connectivity index (χ0) is 46.1. The van der Waals surface area contributed by atoms with Crippen LogP contribution in [0.2, 0.25) is 0 Å². The molecule has 2 saturated heterocycles. The van der Waals surface area contributed by atoms with E-state index in [1.807, 2.05) is 45.0 Å². The average molecular weight is 919 g/mol. The number of carbonyl (C=O) groups excluding carboxylic acids is 4. The van der Waals surface area contributed by atoms with Crippen molar-refractivity contribution in [2.45, 2.75) is 133 Å². The quantitative estimate of drug-likeness (QED) is 0.203. The number of hydrogen-bond donors (Lipinski definition) is 3. The lowest BCUT2D eigenvalue weighted by Crippen LogP contribution is -2.60. The Morgan fingerprint density at radius 3 is 2.57 bits per heavy atom. The summed E-state index contributed by atoms with van der Waals surface area (Å²) in [4.78, 5) is 66.1. The van der Waals surface area contributed by atoms with Gasteiger partial charge in [0.1, 0.15) is 35.6 Å². The molecule has 3 N–H and O–H groups in total. The van der Waals surface area contributed by atoms with Crippen molar-refractivity contribution in [1.82, 2.24) is 30.1 Å². The molecule has 354 valence electrons. The lowest BCUT2D eigenvalue weighted by molar-refractivity contribution is -0.143. The van der Waals surface area contributed by atoms with E-state index in [2.05, 4.69) is 39.0 Å². The van der Waals surface area contributed by atoms with Crippen molar-refractivity contribution >= 4 is 44.7 Å².